The molecule has 0 aliphatic carbocycles. The van der Waals surface area contributed by atoms with Gasteiger partial charge in [0.25, 0.3) is 0 Å². The zero-order valence-corrected chi connectivity index (χ0v) is 19.9. The molecular weight excluding hydrogens is 447 g/mol. The van der Waals surface area contributed by atoms with E-state index in [-0.39, 0.29) is 31.0 Å². The van der Waals surface area contributed by atoms with Crippen LogP contribution in [0.5, 0.6) is 0 Å². The Bertz CT molecular complexity index is 1110. The van der Waals surface area contributed by atoms with Crippen LogP contribution in [-0.2, 0) is 22.6 Å². The minimum absolute atomic E-state index is 0.00472. The van der Waals surface area contributed by atoms with Gasteiger partial charge in [0.15, 0.2) is 0 Å². The van der Waals surface area contributed by atoms with Gasteiger partial charge in [0.2, 0.25) is 5.91 Å². The molecule has 3 N–H and O–H groups in total. The lowest BCUT2D eigenvalue weighted by molar-refractivity contribution is -0.126. The molecule has 7 nitrogen and oxygen atoms in total. The largest absolute Gasteiger partial charge is 0.367 e. The lowest BCUT2D eigenvalue weighted by atomic mass is 9.94. The number of aromatic amines is 1. The summed E-state index contributed by atoms with van der Waals surface area (Å²) in [6.07, 6.45) is 5.57. The van der Waals surface area contributed by atoms with Crippen molar-refractivity contribution in [3.8, 4) is 0 Å². The van der Waals surface area contributed by atoms with Crippen molar-refractivity contribution in [2.75, 3.05) is 32.8 Å². The summed E-state index contributed by atoms with van der Waals surface area (Å²) in [7, 11) is 0. The van der Waals surface area contributed by atoms with Crippen LogP contribution < -0.4 is 10.6 Å². The van der Waals surface area contributed by atoms with E-state index in [1.54, 1.807) is 12.1 Å². The van der Waals surface area contributed by atoms with Crippen LogP contribution in [-0.4, -0.2) is 54.6 Å². The quantitative estimate of drug-likeness (QED) is 0.410. The number of carbonyl (C=O) groups is 2. The van der Waals surface area contributed by atoms with Crippen LogP contribution in [0, 0.1) is 11.7 Å². The first-order valence-electron chi connectivity index (χ1n) is 12.2. The fraction of sp³-hybridized carbons (Fsp3) is 0.407. The van der Waals surface area contributed by atoms with Crippen LogP contribution in [0.3, 0.4) is 0 Å². The first-order chi connectivity index (χ1) is 17.1. The number of halogens is 1. The van der Waals surface area contributed by atoms with Crippen molar-refractivity contribution in [1.29, 1.82) is 0 Å². The molecule has 4 rings (SSSR count). The highest BCUT2D eigenvalue weighted by atomic mass is 19.1. The van der Waals surface area contributed by atoms with E-state index in [9.17, 15) is 14.0 Å². The lowest BCUT2D eigenvalue weighted by Gasteiger charge is -2.32. The van der Waals surface area contributed by atoms with E-state index < -0.39 is 0 Å². The number of nitrogens with zero attached hydrogens (tertiary/aromatic N) is 1. The number of fused-ring (bicyclic) bond motifs is 1. The summed E-state index contributed by atoms with van der Waals surface area (Å²) >= 11 is 0. The molecule has 8 heteroatoms. The van der Waals surface area contributed by atoms with E-state index in [4.69, 9.17) is 4.74 Å². The molecule has 1 fully saturated rings. The Kier molecular flexibility index (Phi) is 8.73. The Labute approximate surface area is 205 Å². The van der Waals surface area contributed by atoms with Crippen LogP contribution in [0.4, 0.5) is 9.18 Å². The first kappa shape index (κ1) is 24.7. The Balaban J connectivity index is 1.06. The number of aromatic nitrogens is 1. The van der Waals surface area contributed by atoms with E-state index >= 15 is 0 Å². The highest BCUT2D eigenvalue weighted by molar-refractivity contribution is 5.83. The van der Waals surface area contributed by atoms with Gasteiger partial charge in [-0.2, -0.15) is 0 Å². The van der Waals surface area contributed by atoms with Crippen LogP contribution in [0.15, 0.2) is 54.7 Å². The number of likely N-dealkylation sites (tertiary alicyclic amines) is 1. The predicted molar refractivity (Wildman–Crippen MR) is 133 cm³/mol. The molecule has 0 bridgehead atoms. The number of carbonyl (C=O) groups excluding carboxylic acids is 2. The Morgan fingerprint density at radius 1 is 1.03 bits per heavy atom. The molecule has 0 saturated carbocycles. The predicted octanol–water partition coefficient (Wildman–Crippen LogP) is 3.99. The van der Waals surface area contributed by atoms with Gasteiger partial charge >= 0.3 is 6.03 Å². The van der Waals surface area contributed by atoms with Crippen LogP contribution >= 0.6 is 0 Å². The number of rotatable bonds is 10. The SMILES string of the molecule is O=C(COCc1ccc(F)cc1)NCCC1CCN(C(=O)NCCc2c[nH]c3ccccc23)CC1. The smallest absolute Gasteiger partial charge is 0.317 e. The van der Waals surface area contributed by atoms with Crippen molar-refractivity contribution in [2.24, 2.45) is 5.92 Å². The molecule has 1 aliphatic rings. The molecule has 2 aromatic carbocycles. The maximum Gasteiger partial charge on any atom is 0.317 e. The third-order valence-corrected chi connectivity index (χ3v) is 6.54. The van der Waals surface area contributed by atoms with Crippen molar-refractivity contribution in [3.63, 3.8) is 0 Å². The molecule has 3 aromatic rings. The number of hydrogen-bond acceptors (Lipinski definition) is 3. The monoisotopic (exact) mass is 480 g/mol. The Hall–Kier alpha value is -3.39. The lowest BCUT2D eigenvalue weighted by Crippen LogP contribution is -2.45. The molecule has 3 amide bonds. The van der Waals surface area contributed by atoms with Crippen molar-refractivity contribution in [3.05, 3.63) is 71.7 Å². The summed E-state index contributed by atoms with van der Waals surface area (Å²) < 4.78 is 18.3. The summed E-state index contributed by atoms with van der Waals surface area (Å²) in [6.45, 7) is 2.93. The third kappa shape index (κ3) is 7.29. The number of amides is 3. The van der Waals surface area contributed by atoms with Gasteiger partial charge in [0.05, 0.1) is 6.61 Å². The fourth-order valence-corrected chi connectivity index (χ4v) is 4.49. The van der Waals surface area contributed by atoms with E-state index in [1.165, 1.54) is 23.1 Å². The summed E-state index contributed by atoms with van der Waals surface area (Å²) in [4.78, 5) is 29.7. The number of urea groups is 1. The van der Waals surface area contributed by atoms with Crippen LogP contribution in [0.1, 0.15) is 30.4 Å². The van der Waals surface area contributed by atoms with E-state index in [1.807, 2.05) is 23.2 Å². The van der Waals surface area contributed by atoms with E-state index in [0.29, 0.717) is 19.0 Å². The second kappa shape index (κ2) is 12.4. The van der Waals surface area contributed by atoms with Crippen molar-refractivity contribution in [1.82, 2.24) is 20.5 Å². The number of para-hydroxylation sites is 1. The molecule has 0 unspecified atom stereocenters. The first-order valence-corrected chi connectivity index (χ1v) is 12.2. The van der Waals surface area contributed by atoms with Crippen molar-refractivity contribution < 1.29 is 18.7 Å². The molecule has 186 valence electrons. The standard InChI is InChI=1S/C27H33FN4O3/c28-23-7-5-21(6-8-23)18-35-19-26(33)29-13-9-20-11-15-32(16-12-20)27(34)30-14-10-22-17-31-25-4-2-1-3-24(22)25/h1-8,17,20,31H,9-16,18-19H2,(H,29,33)(H,30,34). The minimum Gasteiger partial charge on any atom is -0.367 e. The highest BCUT2D eigenvalue weighted by Gasteiger charge is 2.22. The van der Waals surface area contributed by atoms with Gasteiger partial charge in [-0.1, -0.05) is 30.3 Å². The van der Waals surface area contributed by atoms with Crippen LogP contribution in [0.25, 0.3) is 10.9 Å². The maximum absolute atomic E-state index is 12.9. The second-order valence-electron chi connectivity index (χ2n) is 9.03. The molecule has 1 saturated heterocycles. The van der Waals surface area contributed by atoms with Crippen molar-refractivity contribution >= 4 is 22.8 Å². The number of nitrogens with one attached hydrogen (secondary N) is 3. The zero-order valence-electron chi connectivity index (χ0n) is 19.9. The number of benzene rings is 2. The molecule has 35 heavy (non-hydrogen) atoms. The molecular formula is C27H33FN4O3. The number of hydrogen-bond donors (Lipinski definition) is 3. The Morgan fingerprint density at radius 3 is 2.60 bits per heavy atom. The van der Waals surface area contributed by atoms with Gasteiger partial charge in [-0.25, -0.2) is 9.18 Å². The molecule has 0 radical (unpaired) electrons. The number of piperidine rings is 1. The third-order valence-electron chi connectivity index (χ3n) is 6.54. The van der Waals surface area contributed by atoms with E-state index in [2.05, 4.69) is 27.8 Å². The van der Waals surface area contributed by atoms with E-state index in [0.717, 1.165) is 49.9 Å². The number of ether oxygens (including phenoxy) is 1. The summed E-state index contributed by atoms with van der Waals surface area (Å²) in [5.41, 5.74) is 3.15. The maximum atomic E-state index is 12.9. The van der Waals surface area contributed by atoms with Crippen LogP contribution in [0.2, 0.25) is 0 Å². The normalized spacial score (nSPS) is 14.3. The summed E-state index contributed by atoms with van der Waals surface area (Å²) in [5, 5.41) is 7.14. The topological polar surface area (TPSA) is 86.5 Å². The van der Waals surface area contributed by atoms with Gasteiger partial charge in [-0.3, -0.25) is 4.79 Å². The fourth-order valence-electron chi connectivity index (χ4n) is 4.49. The second-order valence-corrected chi connectivity index (χ2v) is 9.03. The minimum atomic E-state index is -0.292. The van der Waals surface area contributed by atoms with Gasteiger partial charge in [0, 0.05) is 43.3 Å². The summed E-state index contributed by atoms with van der Waals surface area (Å²) in [5.74, 6) is 0.0456. The molecule has 1 aliphatic heterocycles. The summed E-state index contributed by atoms with van der Waals surface area (Å²) in [6, 6.07) is 14.2. The van der Waals surface area contributed by atoms with Gasteiger partial charge < -0.3 is 25.3 Å². The van der Waals surface area contributed by atoms with Crippen molar-refractivity contribution in [2.45, 2.75) is 32.3 Å². The zero-order chi connectivity index (χ0) is 24.5. The highest BCUT2D eigenvalue weighted by Crippen LogP contribution is 2.20. The van der Waals surface area contributed by atoms with Gasteiger partial charge in [-0.15, -0.1) is 0 Å². The molecule has 0 atom stereocenters. The van der Waals surface area contributed by atoms with Gasteiger partial charge in [0.1, 0.15) is 12.4 Å². The Morgan fingerprint density at radius 2 is 1.80 bits per heavy atom. The molecule has 0 spiro atoms. The average Bonchev–Trinajstić information content (AvgIpc) is 3.29. The molecule has 2 heterocycles. The van der Waals surface area contributed by atoms with Gasteiger partial charge in [-0.05, 0) is 60.9 Å². The molecule has 1 aromatic heterocycles. The number of H-pyrrole nitrogens is 1. The average molecular weight is 481 g/mol.